The summed E-state index contributed by atoms with van der Waals surface area (Å²) in [4.78, 5) is 11.2. The number of allylic oxidation sites excluding steroid dienone is 1. The lowest BCUT2D eigenvalue weighted by Crippen LogP contribution is -2.29. The highest BCUT2D eigenvalue weighted by Crippen LogP contribution is 2.06. The van der Waals surface area contributed by atoms with Crippen LogP contribution in [0.5, 0.6) is 0 Å². The molecule has 0 aromatic heterocycles. The number of carbonyl (C=O) groups excluding carboxylic acids is 1. The van der Waals surface area contributed by atoms with E-state index < -0.39 is 0 Å². The molecule has 0 fully saturated rings. The Kier molecular flexibility index (Phi) is 4.16. The highest BCUT2D eigenvalue weighted by molar-refractivity contribution is 6.19. The van der Waals surface area contributed by atoms with Gasteiger partial charge in [0.25, 0.3) is 5.91 Å². The molecule has 0 radical (unpaired) electrons. The highest BCUT2D eigenvalue weighted by atomic mass is 35.5. The first-order valence-electron chi connectivity index (χ1n) is 4.11. The zero-order valence-corrected chi connectivity index (χ0v) is 8.29. The van der Waals surface area contributed by atoms with Crippen LogP contribution in [-0.2, 0) is 0 Å². The molecular formula is C10H11ClN2O. The number of carbonyl (C=O) groups is 1. The van der Waals surface area contributed by atoms with Crippen molar-refractivity contribution in [2.45, 2.75) is 0 Å². The van der Waals surface area contributed by atoms with Gasteiger partial charge in [-0.2, -0.15) is 0 Å². The molecular weight excluding hydrogens is 200 g/mol. The van der Waals surface area contributed by atoms with Gasteiger partial charge in [0.15, 0.2) is 0 Å². The Bertz CT molecular complexity index is 350. The molecule has 1 rings (SSSR count). The summed E-state index contributed by atoms with van der Waals surface area (Å²) in [6.45, 7) is 0. The average Bonchev–Trinajstić information content (AvgIpc) is 2.25. The Morgan fingerprint density at radius 1 is 1.57 bits per heavy atom. The molecule has 0 bridgehead atoms. The van der Waals surface area contributed by atoms with Crippen LogP contribution in [0.4, 0.5) is 0 Å². The minimum absolute atomic E-state index is 0.300. The summed E-state index contributed by atoms with van der Waals surface area (Å²) >= 11 is 5.49. The van der Waals surface area contributed by atoms with Gasteiger partial charge in [-0.3, -0.25) is 10.2 Å². The molecule has 14 heavy (non-hydrogen) atoms. The number of hydrogen-bond donors (Lipinski definition) is 2. The molecule has 3 nitrogen and oxygen atoms in total. The molecule has 0 heterocycles. The number of hydrogen-bond acceptors (Lipinski definition) is 2. The zero-order chi connectivity index (χ0) is 10.4. The van der Waals surface area contributed by atoms with Crippen molar-refractivity contribution >= 4 is 23.6 Å². The van der Waals surface area contributed by atoms with Crippen LogP contribution in [0.1, 0.15) is 15.9 Å². The van der Waals surface area contributed by atoms with E-state index in [9.17, 15) is 4.79 Å². The van der Waals surface area contributed by atoms with Crippen LogP contribution in [0.3, 0.4) is 0 Å². The Morgan fingerprint density at radius 2 is 2.36 bits per heavy atom. The largest absolute Gasteiger partial charge is 0.290 e. The number of rotatable bonds is 3. The molecule has 0 saturated heterocycles. The van der Waals surface area contributed by atoms with Crippen LogP contribution in [0.15, 0.2) is 30.3 Å². The van der Waals surface area contributed by atoms with Gasteiger partial charge in [-0.15, -0.1) is 11.6 Å². The number of halogens is 1. The standard InChI is InChI=1S/C10H11ClN2O/c11-6-2-4-8-3-1-5-9(7-8)10(14)13-12/h1-5,7H,6,12H2,(H,13,14). The Morgan fingerprint density at radius 3 is 3.00 bits per heavy atom. The lowest BCUT2D eigenvalue weighted by molar-refractivity contribution is 0.0953. The van der Waals surface area contributed by atoms with Gasteiger partial charge in [-0.05, 0) is 17.7 Å². The Labute approximate surface area is 87.5 Å². The first-order valence-corrected chi connectivity index (χ1v) is 4.65. The molecule has 1 aromatic rings. The molecule has 1 amide bonds. The summed E-state index contributed by atoms with van der Waals surface area (Å²) in [7, 11) is 0. The van der Waals surface area contributed by atoms with Crippen molar-refractivity contribution in [1.29, 1.82) is 0 Å². The lowest BCUT2D eigenvalue weighted by atomic mass is 10.1. The fraction of sp³-hybridized carbons (Fsp3) is 0.100. The van der Waals surface area contributed by atoms with Crippen LogP contribution < -0.4 is 11.3 Å². The smallest absolute Gasteiger partial charge is 0.265 e. The van der Waals surface area contributed by atoms with E-state index in [4.69, 9.17) is 17.4 Å². The van der Waals surface area contributed by atoms with Crippen molar-refractivity contribution in [1.82, 2.24) is 5.43 Å². The highest BCUT2D eigenvalue weighted by Gasteiger charge is 2.01. The monoisotopic (exact) mass is 210 g/mol. The van der Waals surface area contributed by atoms with Crippen LogP contribution >= 0.6 is 11.6 Å². The van der Waals surface area contributed by atoms with Gasteiger partial charge in [-0.25, -0.2) is 5.84 Å². The molecule has 4 heteroatoms. The summed E-state index contributed by atoms with van der Waals surface area (Å²) in [6.07, 6.45) is 3.65. The van der Waals surface area contributed by atoms with E-state index in [-0.39, 0.29) is 5.91 Å². The Hall–Kier alpha value is -1.32. The lowest BCUT2D eigenvalue weighted by Gasteiger charge is -2.00. The van der Waals surface area contributed by atoms with Gasteiger partial charge >= 0.3 is 0 Å². The van der Waals surface area contributed by atoms with Crippen molar-refractivity contribution in [3.05, 3.63) is 41.5 Å². The molecule has 74 valence electrons. The van der Waals surface area contributed by atoms with E-state index in [0.29, 0.717) is 11.4 Å². The van der Waals surface area contributed by atoms with Crippen LogP contribution in [0.2, 0.25) is 0 Å². The van der Waals surface area contributed by atoms with Crippen molar-refractivity contribution < 1.29 is 4.79 Å². The quantitative estimate of drug-likeness (QED) is 0.344. The number of benzene rings is 1. The third-order valence-corrected chi connectivity index (χ3v) is 1.86. The molecule has 0 aliphatic heterocycles. The van der Waals surface area contributed by atoms with E-state index in [1.165, 1.54) is 0 Å². The normalized spacial score (nSPS) is 10.4. The second-order valence-electron chi connectivity index (χ2n) is 2.66. The molecule has 0 aliphatic rings. The minimum Gasteiger partial charge on any atom is -0.290 e. The van der Waals surface area contributed by atoms with Gasteiger partial charge in [0.05, 0.1) is 0 Å². The fourth-order valence-electron chi connectivity index (χ4n) is 1.05. The summed E-state index contributed by atoms with van der Waals surface area (Å²) in [5.74, 6) is 5.17. The van der Waals surface area contributed by atoms with E-state index in [2.05, 4.69) is 5.43 Å². The maximum Gasteiger partial charge on any atom is 0.265 e. The van der Waals surface area contributed by atoms with Crippen LogP contribution in [-0.4, -0.2) is 11.8 Å². The third-order valence-electron chi connectivity index (χ3n) is 1.68. The number of nitrogens with two attached hydrogens (primary N) is 1. The molecule has 1 aromatic carbocycles. The van der Waals surface area contributed by atoms with Crippen molar-refractivity contribution in [3.8, 4) is 0 Å². The third kappa shape index (κ3) is 2.87. The van der Waals surface area contributed by atoms with Gasteiger partial charge in [-0.1, -0.05) is 24.3 Å². The summed E-state index contributed by atoms with van der Waals surface area (Å²) < 4.78 is 0. The van der Waals surface area contributed by atoms with E-state index in [0.717, 1.165) is 5.56 Å². The van der Waals surface area contributed by atoms with E-state index in [1.807, 2.05) is 12.1 Å². The number of hydrazine groups is 1. The van der Waals surface area contributed by atoms with Gasteiger partial charge in [0.1, 0.15) is 0 Å². The molecule has 0 unspecified atom stereocenters. The molecule has 3 N–H and O–H groups in total. The van der Waals surface area contributed by atoms with Crippen molar-refractivity contribution in [2.24, 2.45) is 5.84 Å². The first-order chi connectivity index (χ1) is 6.77. The van der Waals surface area contributed by atoms with Crippen LogP contribution in [0.25, 0.3) is 6.08 Å². The average molecular weight is 211 g/mol. The van der Waals surface area contributed by atoms with Crippen molar-refractivity contribution in [3.63, 3.8) is 0 Å². The van der Waals surface area contributed by atoms with E-state index in [1.54, 1.807) is 24.3 Å². The fourth-order valence-corrected chi connectivity index (χ4v) is 1.14. The van der Waals surface area contributed by atoms with Crippen molar-refractivity contribution in [2.75, 3.05) is 5.88 Å². The van der Waals surface area contributed by atoms with Gasteiger partial charge < -0.3 is 0 Å². The molecule has 0 aliphatic carbocycles. The zero-order valence-electron chi connectivity index (χ0n) is 7.53. The SMILES string of the molecule is NNC(=O)c1cccc(C=CCCl)c1. The maximum atomic E-state index is 11.2. The second kappa shape index (κ2) is 5.42. The predicted octanol–water partition coefficient (Wildman–Crippen LogP) is 1.54. The summed E-state index contributed by atoms with van der Waals surface area (Å²) in [6, 6.07) is 7.11. The molecule has 0 spiro atoms. The topological polar surface area (TPSA) is 55.1 Å². The number of amides is 1. The minimum atomic E-state index is -0.300. The summed E-state index contributed by atoms with van der Waals surface area (Å²) in [5, 5.41) is 0. The first kappa shape index (κ1) is 10.8. The number of nitrogen functional groups attached to an aromatic ring is 1. The second-order valence-corrected chi connectivity index (χ2v) is 2.96. The van der Waals surface area contributed by atoms with Gasteiger partial charge in [0, 0.05) is 11.4 Å². The van der Waals surface area contributed by atoms with E-state index >= 15 is 0 Å². The van der Waals surface area contributed by atoms with Gasteiger partial charge in [0.2, 0.25) is 0 Å². The van der Waals surface area contributed by atoms with Crippen LogP contribution in [0, 0.1) is 0 Å². The number of alkyl halides is 1. The maximum absolute atomic E-state index is 11.2. The molecule has 0 atom stereocenters. The Balaban J connectivity index is 2.89. The summed E-state index contributed by atoms with van der Waals surface area (Å²) in [5.41, 5.74) is 3.53. The predicted molar refractivity (Wildman–Crippen MR) is 57.8 cm³/mol. The number of nitrogens with one attached hydrogen (secondary N) is 1. The molecule has 0 saturated carbocycles.